The number of aliphatic hydroxyl groups is 1. The van der Waals surface area contributed by atoms with Gasteiger partial charge in [0.05, 0.1) is 12.2 Å². The van der Waals surface area contributed by atoms with Crippen LogP contribution in [-0.2, 0) is 4.74 Å². The summed E-state index contributed by atoms with van der Waals surface area (Å²) in [5.74, 6) is 2.33. The van der Waals surface area contributed by atoms with Gasteiger partial charge in [-0.1, -0.05) is 13.8 Å². The molecule has 2 aliphatic rings. The maximum absolute atomic E-state index is 10.8. The zero-order chi connectivity index (χ0) is 15.7. The summed E-state index contributed by atoms with van der Waals surface area (Å²) < 4.78 is 5.66. The van der Waals surface area contributed by atoms with E-state index in [1.54, 1.807) is 0 Å². The lowest BCUT2D eigenvalue weighted by Gasteiger charge is -2.43. The molecule has 0 saturated carbocycles. The van der Waals surface area contributed by atoms with Crippen molar-refractivity contribution < 1.29 is 9.84 Å². The first-order valence-corrected chi connectivity index (χ1v) is 8.39. The van der Waals surface area contributed by atoms with Crippen LogP contribution in [0.1, 0.15) is 51.8 Å². The van der Waals surface area contributed by atoms with Gasteiger partial charge in [0.15, 0.2) is 0 Å². The van der Waals surface area contributed by atoms with E-state index in [1.807, 2.05) is 19.2 Å². The molecule has 122 valence electrons. The lowest BCUT2D eigenvalue weighted by molar-refractivity contribution is -0.108. The Morgan fingerprint density at radius 3 is 3.00 bits per heavy atom. The maximum atomic E-state index is 10.8. The van der Waals surface area contributed by atoms with Gasteiger partial charge in [0.1, 0.15) is 11.6 Å². The summed E-state index contributed by atoms with van der Waals surface area (Å²) >= 11 is 0. The van der Waals surface area contributed by atoms with Crippen LogP contribution in [0, 0.1) is 5.92 Å². The fraction of sp³-hybridized carbons (Fsp3) is 0.765. The Morgan fingerprint density at radius 2 is 2.27 bits per heavy atom. The van der Waals surface area contributed by atoms with Gasteiger partial charge >= 0.3 is 0 Å². The Hall–Kier alpha value is -1.20. The van der Waals surface area contributed by atoms with E-state index in [-0.39, 0.29) is 5.92 Å². The first-order chi connectivity index (χ1) is 10.5. The second-order valence-electron chi connectivity index (χ2n) is 7.12. The van der Waals surface area contributed by atoms with Crippen LogP contribution >= 0.6 is 0 Å². The molecular formula is C17H27N3O2. The molecule has 0 aliphatic carbocycles. The zero-order valence-corrected chi connectivity index (χ0v) is 13.8. The van der Waals surface area contributed by atoms with Crippen molar-refractivity contribution in [2.75, 3.05) is 24.7 Å². The fourth-order valence-electron chi connectivity index (χ4n) is 3.68. The first kappa shape index (κ1) is 15.7. The molecule has 2 aliphatic heterocycles. The topological polar surface area (TPSA) is 58.5 Å². The molecule has 0 radical (unpaired) electrons. The highest BCUT2D eigenvalue weighted by molar-refractivity contribution is 5.41. The van der Waals surface area contributed by atoms with E-state index in [0.29, 0.717) is 31.6 Å². The zero-order valence-electron chi connectivity index (χ0n) is 13.8. The number of rotatable bonds is 3. The molecule has 0 aromatic carbocycles. The van der Waals surface area contributed by atoms with Crippen molar-refractivity contribution in [1.82, 2.24) is 9.97 Å². The van der Waals surface area contributed by atoms with Crippen LogP contribution in [0.15, 0.2) is 12.3 Å². The molecule has 2 fully saturated rings. The molecule has 5 nitrogen and oxygen atoms in total. The summed E-state index contributed by atoms with van der Waals surface area (Å²) in [6.07, 6.45) is 4.79. The molecule has 5 heteroatoms. The van der Waals surface area contributed by atoms with E-state index in [1.165, 1.54) is 0 Å². The molecule has 1 aromatic heterocycles. The number of ether oxygens (including phenoxy) is 1. The van der Waals surface area contributed by atoms with Crippen LogP contribution in [0.4, 0.5) is 5.82 Å². The van der Waals surface area contributed by atoms with E-state index in [4.69, 9.17) is 9.72 Å². The molecule has 0 amide bonds. The lowest BCUT2D eigenvalue weighted by atomic mass is 9.79. The van der Waals surface area contributed by atoms with Crippen molar-refractivity contribution in [2.45, 2.75) is 57.6 Å². The van der Waals surface area contributed by atoms with Crippen LogP contribution in [-0.4, -0.2) is 46.5 Å². The summed E-state index contributed by atoms with van der Waals surface area (Å²) in [6, 6.07) is 2.29. The third-order valence-corrected chi connectivity index (χ3v) is 5.08. The van der Waals surface area contributed by atoms with Gasteiger partial charge in [-0.15, -0.1) is 0 Å². The Labute approximate surface area is 132 Å². The molecule has 1 N–H and O–H groups in total. The van der Waals surface area contributed by atoms with E-state index in [0.717, 1.165) is 31.0 Å². The van der Waals surface area contributed by atoms with Gasteiger partial charge in [0, 0.05) is 37.2 Å². The third-order valence-electron chi connectivity index (χ3n) is 5.08. The van der Waals surface area contributed by atoms with Crippen LogP contribution in [0.3, 0.4) is 0 Å². The first-order valence-electron chi connectivity index (χ1n) is 8.39. The molecule has 3 heterocycles. The van der Waals surface area contributed by atoms with E-state index < -0.39 is 5.60 Å². The van der Waals surface area contributed by atoms with Gasteiger partial charge in [-0.25, -0.2) is 9.97 Å². The van der Waals surface area contributed by atoms with Gasteiger partial charge in [-0.2, -0.15) is 0 Å². The molecule has 22 heavy (non-hydrogen) atoms. The predicted octanol–water partition coefficient (Wildman–Crippen LogP) is 2.36. The van der Waals surface area contributed by atoms with Gasteiger partial charge in [0.25, 0.3) is 0 Å². The summed E-state index contributed by atoms with van der Waals surface area (Å²) in [4.78, 5) is 11.5. The molecule has 3 rings (SSSR count). The van der Waals surface area contributed by atoms with Crippen molar-refractivity contribution in [1.29, 1.82) is 0 Å². The normalized spacial score (nSPS) is 32.7. The Morgan fingerprint density at radius 1 is 1.45 bits per heavy atom. The van der Waals surface area contributed by atoms with Gasteiger partial charge in [-0.3, -0.25) is 0 Å². The highest BCUT2D eigenvalue weighted by Gasteiger charge is 2.44. The minimum Gasteiger partial charge on any atom is -0.390 e. The van der Waals surface area contributed by atoms with Crippen molar-refractivity contribution in [3.05, 3.63) is 18.1 Å². The monoisotopic (exact) mass is 305 g/mol. The molecule has 1 aromatic rings. The highest BCUT2D eigenvalue weighted by atomic mass is 16.5. The Kier molecular flexibility index (Phi) is 4.37. The molecular weight excluding hydrogens is 278 g/mol. The Balaban J connectivity index is 1.85. The van der Waals surface area contributed by atoms with Crippen LogP contribution in [0.5, 0.6) is 0 Å². The van der Waals surface area contributed by atoms with Gasteiger partial charge < -0.3 is 14.7 Å². The summed E-state index contributed by atoms with van der Waals surface area (Å²) in [6.45, 7) is 8.46. The van der Waals surface area contributed by atoms with Crippen molar-refractivity contribution >= 4 is 5.82 Å². The summed E-state index contributed by atoms with van der Waals surface area (Å²) in [5.41, 5.74) is -0.653. The average Bonchev–Trinajstić information content (AvgIpc) is 2.96. The number of hydrogen-bond acceptors (Lipinski definition) is 5. The van der Waals surface area contributed by atoms with Crippen LogP contribution in [0.25, 0.3) is 0 Å². The van der Waals surface area contributed by atoms with Crippen molar-refractivity contribution in [2.24, 2.45) is 5.92 Å². The maximum Gasteiger partial charge on any atom is 0.133 e. The largest absolute Gasteiger partial charge is 0.390 e. The molecule has 0 spiro atoms. The number of nitrogens with zero attached hydrogens (tertiary/aromatic N) is 3. The smallest absolute Gasteiger partial charge is 0.133 e. The average molecular weight is 305 g/mol. The third kappa shape index (κ3) is 2.97. The summed E-state index contributed by atoms with van der Waals surface area (Å²) in [7, 11) is 0. The van der Waals surface area contributed by atoms with E-state index >= 15 is 0 Å². The minimum atomic E-state index is -0.653. The molecule has 0 bridgehead atoms. The second kappa shape index (κ2) is 6.13. The molecule has 0 unspecified atom stereocenters. The highest BCUT2D eigenvalue weighted by Crippen LogP contribution is 2.37. The van der Waals surface area contributed by atoms with Gasteiger partial charge in [-0.05, 0) is 32.3 Å². The summed E-state index contributed by atoms with van der Waals surface area (Å²) in [5, 5.41) is 10.8. The van der Waals surface area contributed by atoms with Crippen molar-refractivity contribution in [3.63, 3.8) is 0 Å². The molecule has 3 atom stereocenters. The predicted molar refractivity (Wildman–Crippen MR) is 86.0 cm³/mol. The van der Waals surface area contributed by atoms with E-state index in [2.05, 4.69) is 23.7 Å². The molecule has 2 saturated heterocycles. The van der Waals surface area contributed by atoms with E-state index in [9.17, 15) is 5.11 Å². The van der Waals surface area contributed by atoms with Crippen LogP contribution in [0.2, 0.25) is 0 Å². The SMILES string of the molecule is CC(C)c1nccc(N2CCC[C@@H]2[C@@H]2COCC[C@]2(C)O)n1. The van der Waals surface area contributed by atoms with Gasteiger partial charge in [0.2, 0.25) is 0 Å². The Bertz CT molecular complexity index is 518. The van der Waals surface area contributed by atoms with Crippen LogP contribution < -0.4 is 4.90 Å². The lowest BCUT2D eigenvalue weighted by Crippen LogP contribution is -2.52. The second-order valence-corrected chi connectivity index (χ2v) is 7.12. The number of aromatic nitrogens is 2. The standard InChI is InChI=1S/C17H27N3O2/c1-12(2)16-18-8-6-15(19-16)20-9-4-5-14(20)13-11-22-10-7-17(13,3)21/h6,8,12-14,21H,4-5,7,9-11H2,1-3H3/t13-,14+,17-/m0/s1. The van der Waals surface area contributed by atoms with Crippen molar-refractivity contribution in [3.8, 4) is 0 Å². The number of hydrogen-bond donors (Lipinski definition) is 1. The number of anilines is 1. The fourth-order valence-corrected chi connectivity index (χ4v) is 3.68. The quantitative estimate of drug-likeness (QED) is 0.929. The minimum absolute atomic E-state index is 0.140.